The Morgan fingerprint density at radius 3 is 3.14 bits per heavy atom. The van der Waals surface area contributed by atoms with Crippen LogP contribution in [-0.4, -0.2) is 46.3 Å². The lowest BCUT2D eigenvalue weighted by atomic mass is 10.2. The molecule has 3 heterocycles. The third-order valence-corrected chi connectivity index (χ3v) is 4.57. The molecule has 0 saturated carbocycles. The van der Waals surface area contributed by atoms with E-state index in [0.717, 1.165) is 30.4 Å². The molecular formula is C13H15Cl2N3O2S. The molecule has 114 valence electrons. The molecule has 8 heteroatoms. The van der Waals surface area contributed by atoms with Crippen molar-refractivity contribution in [2.24, 2.45) is 0 Å². The van der Waals surface area contributed by atoms with Crippen molar-refractivity contribution in [1.29, 1.82) is 0 Å². The van der Waals surface area contributed by atoms with Crippen molar-refractivity contribution in [1.82, 2.24) is 14.6 Å². The van der Waals surface area contributed by atoms with Crippen LogP contribution in [-0.2, 0) is 9.47 Å². The number of fused-ring (bicyclic) bond motifs is 1. The fourth-order valence-corrected chi connectivity index (χ4v) is 3.45. The van der Waals surface area contributed by atoms with Gasteiger partial charge in [-0.05, 0) is 18.9 Å². The number of hydrogen-bond donors (Lipinski definition) is 0. The zero-order chi connectivity index (χ0) is 14.7. The van der Waals surface area contributed by atoms with Crippen LogP contribution in [0, 0.1) is 0 Å². The molecule has 5 nitrogen and oxygen atoms in total. The normalized spacial score (nSPS) is 18.7. The Balaban J connectivity index is 1.51. The van der Waals surface area contributed by atoms with Crippen molar-refractivity contribution in [2.75, 3.05) is 25.6 Å². The molecule has 0 aliphatic carbocycles. The van der Waals surface area contributed by atoms with Crippen molar-refractivity contribution in [3.63, 3.8) is 0 Å². The molecule has 1 saturated heterocycles. The van der Waals surface area contributed by atoms with E-state index in [1.165, 1.54) is 0 Å². The van der Waals surface area contributed by atoms with Crippen LogP contribution in [0.4, 0.5) is 0 Å². The molecule has 1 aliphatic rings. The van der Waals surface area contributed by atoms with E-state index < -0.39 is 0 Å². The van der Waals surface area contributed by atoms with Crippen LogP contribution in [0.2, 0.25) is 10.0 Å². The van der Waals surface area contributed by atoms with E-state index in [9.17, 15) is 0 Å². The summed E-state index contributed by atoms with van der Waals surface area (Å²) in [5.74, 6) is 0.789. The van der Waals surface area contributed by atoms with Crippen molar-refractivity contribution in [3.8, 4) is 0 Å². The van der Waals surface area contributed by atoms with Gasteiger partial charge in [0.15, 0.2) is 10.8 Å². The fourth-order valence-electron chi connectivity index (χ4n) is 2.18. The Labute approximate surface area is 136 Å². The molecule has 3 rings (SSSR count). The maximum absolute atomic E-state index is 6.08. The third-order valence-electron chi connectivity index (χ3n) is 3.18. The van der Waals surface area contributed by atoms with Gasteiger partial charge in [-0.15, -0.1) is 10.2 Å². The Morgan fingerprint density at radius 2 is 2.33 bits per heavy atom. The Bertz CT molecular complexity index is 617. The molecule has 0 bridgehead atoms. The highest BCUT2D eigenvalue weighted by Gasteiger charge is 2.15. The van der Waals surface area contributed by atoms with Gasteiger partial charge < -0.3 is 9.47 Å². The lowest BCUT2D eigenvalue weighted by molar-refractivity contribution is 0.0226. The Morgan fingerprint density at radius 1 is 1.43 bits per heavy atom. The lowest BCUT2D eigenvalue weighted by Gasteiger charge is -2.09. The first-order valence-corrected chi connectivity index (χ1v) is 8.50. The quantitative estimate of drug-likeness (QED) is 0.592. The van der Waals surface area contributed by atoms with Crippen LogP contribution in [0.3, 0.4) is 0 Å². The summed E-state index contributed by atoms with van der Waals surface area (Å²) in [6, 6.07) is 1.66. The van der Waals surface area contributed by atoms with Gasteiger partial charge in [0, 0.05) is 18.6 Å². The fraction of sp³-hybridized carbons (Fsp3) is 0.538. The summed E-state index contributed by atoms with van der Waals surface area (Å²) in [4.78, 5) is 0. The summed E-state index contributed by atoms with van der Waals surface area (Å²) in [6.07, 6.45) is 4.26. The molecule has 1 fully saturated rings. The molecular weight excluding hydrogens is 333 g/mol. The van der Waals surface area contributed by atoms with Gasteiger partial charge in [0.1, 0.15) is 0 Å². The highest BCUT2D eigenvalue weighted by atomic mass is 35.5. The van der Waals surface area contributed by atoms with Gasteiger partial charge in [-0.1, -0.05) is 35.0 Å². The summed E-state index contributed by atoms with van der Waals surface area (Å²) in [5.41, 5.74) is 0.615. The van der Waals surface area contributed by atoms with E-state index in [1.807, 2.05) is 0 Å². The molecule has 0 spiro atoms. The van der Waals surface area contributed by atoms with Gasteiger partial charge in [-0.3, -0.25) is 4.40 Å². The molecule has 1 aliphatic heterocycles. The first-order valence-electron chi connectivity index (χ1n) is 6.76. The molecule has 0 amide bonds. The SMILES string of the molecule is Clc1cc(Cl)c2nnc(SCCOCC3CCCO3)n2c1. The Hall–Kier alpha value is -0.530. The van der Waals surface area contributed by atoms with Crippen molar-refractivity contribution in [2.45, 2.75) is 24.1 Å². The third kappa shape index (κ3) is 3.81. The Kier molecular flexibility index (Phi) is 5.24. The van der Waals surface area contributed by atoms with Crippen molar-refractivity contribution < 1.29 is 9.47 Å². The smallest absolute Gasteiger partial charge is 0.195 e. The minimum absolute atomic E-state index is 0.265. The minimum Gasteiger partial charge on any atom is -0.378 e. The highest BCUT2D eigenvalue weighted by Crippen LogP contribution is 2.25. The second-order valence-corrected chi connectivity index (χ2v) is 6.65. The van der Waals surface area contributed by atoms with E-state index in [-0.39, 0.29) is 6.10 Å². The topological polar surface area (TPSA) is 48.7 Å². The van der Waals surface area contributed by atoms with E-state index in [0.29, 0.717) is 28.9 Å². The number of rotatable bonds is 6. The van der Waals surface area contributed by atoms with Gasteiger partial charge >= 0.3 is 0 Å². The van der Waals surface area contributed by atoms with Crippen LogP contribution in [0.5, 0.6) is 0 Å². The maximum Gasteiger partial charge on any atom is 0.195 e. The maximum atomic E-state index is 6.08. The first kappa shape index (κ1) is 15.4. The molecule has 1 unspecified atom stereocenters. The molecule has 0 N–H and O–H groups in total. The van der Waals surface area contributed by atoms with Crippen LogP contribution in [0.15, 0.2) is 17.4 Å². The van der Waals surface area contributed by atoms with E-state index >= 15 is 0 Å². The van der Waals surface area contributed by atoms with Crippen LogP contribution < -0.4 is 0 Å². The van der Waals surface area contributed by atoms with Crippen LogP contribution in [0.25, 0.3) is 5.65 Å². The first-order chi connectivity index (χ1) is 10.2. The highest BCUT2D eigenvalue weighted by molar-refractivity contribution is 7.99. The number of nitrogens with zero attached hydrogens (tertiary/aromatic N) is 3. The lowest BCUT2D eigenvalue weighted by Crippen LogP contribution is -2.15. The van der Waals surface area contributed by atoms with E-state index in [1.54, 1.807) is 28.4 Å². The van der Waals surface area contributed by atoms with Gasteiger partial charge in [0.25, 0.3) is 0 Å². The minimum atomic E-state index is 0.265. The molecule has 1 atom stereocenters. The zero-order valence-corrected chi connectivity index (χ0v) is 13.6. The van der Waals surface area contributed by atoms with E-state index in [2.05, 4.69) is 10.2 Å². The summed E-state index contributed by atoms with van der Waals surface area (Å²) in [6.45, 7) is 2.17. The number of aromatic nitrogens is 3. The molecule has 2 aromatic heterocycles. The zero-order valence-electron chi connectivity index (χ0n) is 11.3. The molecule has 0 aromatic carbocycles. The van der Waals surface area contributed by atoms with Crippen molar-refractivity contribution in [3.05, 3.63) is 22.3 Å². The number of halogens is 2. The monoisotopic (exact) mass is 347 g/mol. The van der Waals surface area contributed by atoms with Crippen molar-refractivity contribution >= 4 is 40.6 Å². The number of ether oxygens (including phenoxy) is 2. The summed E-state index contributed by atoms with van der Waals surface area (Å²) >= 11 is 13.6. The average Bonchev–Trinajstić information content (AvgIpc) is 3.08. The summed E-state index contributed by atoms with van der Waals surface area (Å²) in [7, 11) is 0. The predicted octanol–water partition coefficient (Wildman–Crippen LogP) is 3.32. The van der Waals surface area contributed by atoms with Crippen LogP contribution >= 0.6 is 35.0 Å². The second-order valence-electron chi connectivity index (χ2n) is 4.74. The van der Waals surface area contributed by atoms with Crippen LogP contribution in [0.1, 0.15) is 12.8 Å². The number of thioether (sulfide) groups is 1. The number of pyridine rings is 1. The molecule has 21 heavy (non-hydrogen) atoms. The number of hydrogen-bond acceptors (Lipinski definition) is 5. The van der Waals surface area contributed by atoms with Gasteiger partial charge in [-0.25, -0.2) is 0 Å². The summed E-state index contributed by atoms with van der Waals surface area (Å²) in [5, 5.41) is 10.0. The average molecular weight is 348 g/mol. The van der Waals surface area contributed by atoms with Gasteiger partial charge in [0.05, 0.1) is 29.4 Å². The predicted molar refractivity (Wildman–Crippen MR) is 83.5 cm³/mol. The van der Waals surface area contributed by atoms with E-state index in [4.69, 9.17) is 32.7 Å². The molecule has 2 aromatic rings. The molecule has 0 radical (unpaired) electrons. The standard InChI is InChI=1S/C13H15Cl2N3O2S/c14-9-6-11(15)12-16-17-13(18(12)7-9)21-5-4-19-8-10-2-1-3-20-10/h6-7,10H,1-5,8H2. The van der Waals surface area contributed by atoms with Gasteiger partial charge in [0.2, 0.25) is 0 Å². The van der Waals surface area contributed by atoms with Gasteiger partial charge in [-0.2, -0.15) is 0 Å². The second kappa shape index (κ2) is 7.15. The largest absolute Gasteiger partial charge is 0.378 e. The summed E-state index contributed by atoms with van der Waals surface area (Å²) < 4.78 is 12.9.